The molecule has 1 aromatic carbocycles. The van der Waals surface area contributed by atoms with Crippen molar-refractivity contribution in [3.05, 3.63) is 29.8 Å². The van der Waals surface area contributed by atoms with Crippen LogP contribution in [0.2, 0.25) is 0 Å². The van der Waals surface area contributed by atoms with E-state index in [1.165, 1.54) is 19.3 Å². The molecule has 0 aliphatic heterocycles. The lowest BCUT2D eigenvalue weighted by Crippen LogP contribution is -2.25. The van der Waals surface area contributed by atoms with Crippen LogP contribution in [0, 0.1) is 5.92 Å². The van der Waals surface area contributed by atoms with E-state index >= 15 is 0 Å². The van der Waals surface area contributed by atoms with Crippen molar-refractivity contribution in [1.29, 1.82) is 0 Å². The van der Waals surface area contributed by atoms with E-state index in [0.29, 0.717) is 11.8 Å². The second-order valence-electron chi connectivity index (χ2n) is 5.28. The molecule has 0 spiro atoms. The number of hydrogen-bond acceptors (Lipinski definition) is 2. The van der Waals surface area contributed by atoms with Crippen LogP contribution < -0.4 is 5.32 Å². The summed E-state index contributed by atoms with van der Waals surface area (Å²) in [5, 5.41) is 12.8. The second-order valence-corrected chi connectivity index (χ2v) is 5.28. The zero-order valence-electron chi connectivity index (χ0n) is 11.2. The highest BCUT2D eigenvalue weighted by molar-refractivity contribution is 5.26. The number of nitrogens with one attached hydrogen (secondary N) is 1. The standard InChI is InChI=1S/C15H25NO/c1-12(2)6-4-7-13(3)16-11-14-8-5-9-15(17)10-14/h5,8-10,12-13,16-17H,4,6-7,11H2,1-3H3. The van der Waals surface area contributed by atoms with E-state index in [1.54, 1.807) is 6.07 Å². The maximum atomic E-state index is 9.35. The molecule has 2 N–H and O–H groups in total. The van der Waals surface area contributed by atoms with E-state index in [1.807, 2.05) is 18.2 Å². The molecule has 0 radical (unpaired) electrons. The summed E-state index contributed by atoms with van der Waals surface area (Å²) in [5.74, 6) is 1.14. The number of phenols is 1. The van der Waals surface area contributed by atoms with Gasteiger partial charge in [-0.05, 0) is 37.0 Å². The minimum Gasteiger partial charge on any atom is -0.508 e. The van der Waals surface area contributed by atoms with E-state index in [4.69, 9.17) is 0 Å². The Hall–Kier alpha value is -1.02. The Morgan fingerprint density at radius 3 is 2.59 bits per heavy atom. The molecule has 1 aromatic rings. The molecule has 96 valence electrons. The van der Waals surface area contributed by atoms with Crippen LogP contribution >= 0.6 is 0 Å². The number of hydrogen-bond donors (Lipinski definition) is 2. The largest absolute Gasteiger partial charge is 0.508 e. The monoisotopic (exact) mass is 235 g/mol. The molecule has 0 saturated carbocycles. The van der Waals surface area contributed by atoms with E-state index in [2.05, 4.69) is 26.1 Å². The molecule has 2 heteroatoms. The zero-order chi connectivity index (χ0) is 12.7. The molecule has 0 amide bonds. The van der Waals surface area contributed by atoms with Crippen LogP contribution in [0.5, 0.6) is 5.75 Å². The average molecular weight is 235 g/mol. The maximum Gasteiger partial charge on any atom is 0.115 e. The number of phenolic OH excluding ortho intramolecular Hbond substituents is 1. The van der Waals surface area contributed by atoms with Crippen LogP contribution in [0.15, 0.2) is 24.3 Å². The summed E-state index contributed by atoms with van der Waals surface area (Å²) in [4.78, 5) is 0. The predicted molar refractivity (Wildman–Crippen MR) is 73.1 cm³/mol. The lowest BCUT2D eigenvalue weighted by Gasteiger charge is -2.14. The van der Waals surface area contributed by atoms with Crippen molar-refractivity contribution in [2.75, 3.05) is 0 Å². The van der Waals surface area contributed by atoms with Gasteiger partial charge in [0.05, 0.1) is 0 Å². The highest BCUT2D eigenvalue weighted by atomic mass is 16.3. The lowest BCUT2D eigenvalue weighted by atomic mass is 10.0. The van der Waals surface area contributed by atoms with Gasteiger partial charge in [-0.1, -0.05) is 38.8 Å². The van der Waals surface area contributed by atoms with Crippen LogP contribution in [0.1, 0.15) is 45.6 Å². The first-order valence-electron chi connectivity index (χ1n) is 6.59. The Labute approximate surface area is 105 Å². The maximum absolute atomic E-state index is 9.35. The van der Waals surface area contributed by atoms with Gasteiger partial charge in [0.15, 0.2) is 0 Å². The SMILES string of the molecule is CC(C)CCCC(C)NCc1cccc(O)c1. The molecule has 0 aliphatic rings. The lowest BCUT2D eigenvalue weighted by molar-refractivity contribution is 0.454. The molecular formula is C15H25NO. The molecular weight excluding hydrogens is 210 g/mol. The molecule has 0 aliphatic carbocycles. The van der Waals surface area contributed by atoms with E-state index in [9.17, 15) is 5.11 Å². The number of rotatable bonds is 7. The fraction of sp³-hybridized carbons (Fsp3) is 0.600. The Bertz CT molecular complexity index is 322. The second kappa shape index (κ2) is 7.33. The molecule has 2 nitrogen and oxygen atoms in total. The van der Waals surface area contributed by atoms with Gasteiger partial charge in [-0.3, -0.25) is 0 Å². The van der Waals surface area contributed by atoms with Crippen molar-refractivity contribution in [2.24, 2.45) is 5.92 Å². The van der Waals surface area contributed by atoms with Gasteiger partial charge in [0.2, 0.25) is 0 Å². The van der Waals surface area contributed by atoms with Gasteiger partial charge < -0.3 is 10.4 Å². The fourth-order valence-electron chi connectivity index (χ4n) is 1.89. The third-order valence-electron chi connectivity index (χ3n) is 2.98. The van der Waals surface area contributed by atoms with Crippen molar-refractivity contribution in [2.45, 2.75) is 52.6 Å². The summed E-state index contributed by atoms with van der Waals surface area (Å²) in [6.07, 6.45) is 3.81. The quantitative estimate of drug-likeness (QED) is 0.755. The van der Waals surface area contributed by atoms with Crippen molar-refractivity contribution >= 4 is 0 Å². The van der Waals surface area contributed by atoms with Gasteiger partial charge in [0.1, 0.15) is 5.75 Å². The molecule has 0 saturated heterocycles. The predicted octanol–water partition coefficient (Wildman–Crippen LogP) is 3.70. The normalized spacial score (nSPS) is 12.9. The number of benzene rings is 1. The van der Waals surface area contributed by atoms with Crippen LogP contribution in [0.25, 0.3) is 0 Å². The third-order valence-corrected chi connectivity index (χ3v) is 2.98. The minimum absolute atomic E-state index is 0.344. The van der Waals surface area contributed by atoms with E-state index in [0.717, 1.165) is 18.0 Å². The highest BCUT2D eigenvalue weighted by Crippen LogP contribution is 2.12. The Balaban J connectivity index is 2.21. The van der Waals surface area contributed by atoms with Gasteiger partial charge in [0, 0.05) is 12.6 Å². The van der Waals surface area contributed by atoms with Crippen molar-refractivity contribution < 1.29 is 5.11 Å². The minimum atomic E-state index is 0.344. The van der Waals surface area contributed by atoms with Crippen molar-refractivity contribution in [3.8, 4) is 5.75 Å². The van der Waals surface area contributed by atoms with E-state index in [-0.39, 0.29) is 0 Å². The molecule has 0 bridgehead atoms. The molecule has 1 atom stereocenters. The molecule has 0 fully saturated rings. The summed E-state index contributed by atoms with van der Waals surface area (Å²) >= 11 is 0. The summed E-state index contributed by atoms with van der Waals surface area (Å²) in [6, 6.07) is 7.98. The average Bonchev–Trinajstić information content (AvgIpc) is 2.26. The van der Waals surface area contributed by atoms with Crippen LogP contribution in [-0.2, 0) is 6.54 Å². The Kier molecular flexibility index (Phi) is 6.06. The Morgan fingerprint density at radius 2 is 1.94 bits per heavy atom. The topological polar surface area (TPSA) is 32.3 Å². The summed E-state index contributed by atoms with van der Waals surface area (Å²) in [6.45, 7) is 7.59. The molecule has 0 aromatic heterocycles. The van der Waals surface area contributed by atoms with Gasteiger partial charge in [0.25, 0.3) is 0 Å². The number of aromatic hydroxyl groups is 1. The first-order chi connectivity index (χ1) is 8.08. The first-order valence-corrected chi connectivity index (χ1v) is 6.59. The summed E-state index contributed by atoms with van der Waals surface area (Å²) < 4.78 is 0. The van der Waals surface area contributed by atoms with Gasteiger partial charge in [-0.15, -0.1) is 0 Å². The zero-order valence-corrected chi connectivity index (χ0v) is 11.2. The Morgan fingerprint density at radius 1 is 1.18 bits per heavy atom. The molecule has 1 unspecified atom stereocenters. The molecule has 1 rings (SSSR count). The third kappa shape index (κ3) is 6.32. The smallest absolute Gasteiger partial charge is 0.115 e. The fourth-order valence-corrected chi connectivity index (χ4v) is 1.89. The summed E-state index contributed by atoms with van der Waals surface area (Å²) in [7, 11) is 0. The van der Waals surface area contributed by atoms with Crippen molar-refractivity contribution in [1.82, 2.24) is 5.32 Å². The van der Waals surface area contributed by atoms with Gasteiger partial charge >= 0.3 is 0 Å². The van der Waals surface area contributed by atoms with Crippen molar-refractivity contribution in [3.63, 3.8) is 0 Å². The summed E-state index contributed by atoms with van der Waals surface area (Å²) in [5.41, 5.74) is 1.14. The van der Waals surface area contributed by atoms with Crippen LogP contribution in [-0.4, -0.2) is 11.1 Å². The van der Waals surface area contributed by atoms with Crippen LogP contribution in [0.4, 0.5) is 0 Å². The van der Waals surface area contributed by atoms with Crippen LogP contribution in [0.3, 0.4) is 0 Å². The molecule has 0 heterocycles. The molecule has 17 heavy (non-hydrogen) atoms. The van der Waals surface area contributed by atoms with E-state index < -0.39 is 0 Å². The van der Waals surface area contributed by atoms with Gasteiger partial charge in [-0.2, -0.15) is 0 Å². The highest BCUT2D eigenvalue weighted by Gasteiger charge is 2.03. The first kappa shape index (κ1) is 14.0. The van der Waals surface area contributed by atoms with Gasteiger partial charge in [-0.25, -0.2) is 0 Å².